The largest absolute Gasteiger partial charge is 0.360 e. The molecule has 0 bridgehead atoms. The Morgan fingerprint density at radius 1 is 1.48 bits per heavy atom. The van der Waals surface area contributed by atoms with Crippen molar-refractivity contribution in [1.82, 2.24) is 14.8 Å². The fourth-order valence-electron chi connectivity index (χ4n) is 2.69. The Kier molecular flexibility index (Phi) is 7.00. The molecule has 10 heteroatoms. The highest BCUT2D eigenvalue weighted by Crippen LogP contribution is 2.27. The Bertz CT molecular complexity index is 627. The molecule has 0 aliphatic carbocycles. The summed E-state index contributed by atoms with van der Waals surface area (Å²) in [6.07, 6.45) is 1.31. The van der Waals surface area contributed by atoms with Crippen LogP contribution >= 0.6 is 12.4 Å². The van der Waals surface area contributed by atoms with Gasteiger partial charge in [-0.3, -0.25) is 4.79 Å². The van der Waals surface area contributed by atoms with E-state index < -0.39 is 10.0 Å². The van der Waals surface area contributed by atoms with Gasteiger partial charge >= 0.3 is 0 Å². The molecular weight excluding hydrogens is 344 g/mol. The first-order valence-corrected chi connectivity index (χ1v) is 8.72. The van der Waals surface area contributed by atoms with E-state index in [2.05, 4.69) is 10.5 Å². The quantitative estimate of drug-likeness (QED) is 0.767. The van der Waals surface area contributed by atoms with Gasteiger partial charge in [-0.15, -0.1) is 12.4 Å². The van der Waals surface area contributed by atoms with Crippen LogP contribution in [-0.4, -0.2) is 50.0 Å². The summed E-state index contributed by atoms with van der Waals surface area (Å²) in [5, 5.41) is 6.41. The monoisotopic (exact) mass is 366 g/mol. The summed E-state index contributed by atoms with van der Waals surface area (Å²) in [4.78, 5) is 12.1. The molecule has 1 atom stereocenters. The number of nitrogens with one attached hydrogen (secondary N) is 1. The van der Waals surface area contributed by atoms with E-state index in [1.165, 1.54) is 4.31 Å². The minimum Gasteiger partial charge on any atom is -0.360 e. The van der Waals surface area contributed by atoms with Crippen molar-refractivity contribution < 1.29 is 17.7 Å². The third-order valence-corrected chi connectivity index (χ3v) is 5.87. The number of hydrogen-bond acceptors (Lipinski definition) is 6. The summed E-state index contributed by atoms with van der Waals surface area (Å²) in [7, 11) is -3.69. The highest BCUT2D eigenvalue weighted by atomic mass is 35.5. The van der Waals surface area contributed by atoms with Crippen LogP contribution in [0, 0.1) is 19.8 Å². The second kappa shape index (κ2) is 8.09. The van der Waals surface area contributed by atoms with Crippen molar-refractivity contribution in [1.29, 1.82) is 0 Å². The maximum absolute atomic E-state index is 12.7. The van der Waals surface area contributed by atoms with E-state index in [1.54, 1.807) is 13.8 Å². The lowest BCUT2D eigenvalue weighted by Gasteiger charge is -2.31. The predicted octanol–water partition coefficient (Wildman–Crippen LogP) is 0.189. The molecule has 1 amide bonds. The predicted molar refractivity (Wildman–Crippen MR) is 86.8 cm³/mol. The first kappa shape index (κ1) is 19.9. The lowest BCUT2D eigenvalue weighted by molar-refractivity contribution is -0.126. The molecule has 1 aliphatic heterocycles. The van der Waals surface area contributed by atoms with Crippen LogP contribution in [0.3, 0.4) is 0 Å². The highest BCUT2D eigenvalue weighted by Gasteiger charge is 2.36. The first-order chi connectivity index (χ1) is 10.4. The van der Waals surface area contributed by atoms with Crippen LogP contribution in [0.25, 0.3) is 0 Å². The molecule has 1 aromatic heterocycles. The molecule has 0 aromatic carbocycles. The molecule has 1 fully saturated rings. The molecule has 132 valence electrons. The van der Waals surface area contributed by atoms with Gasteiger partial charge < -0.3 is 15.6 Å². The zero-order chi connectivity index (χ0) is 16.3. The van der Waals surface area contributed by atoms with Crippen LogP contribution in [0.15, 0.2) is 9.42 Å². The van der Waals surface area contributed by atoms with Crippen LogP contribution in [0.2, 0.25) is 0 Å². The first-order valence-electron chi connectivity index (χ1n) is 7.28. The number of carbonyl (C=O) groups excluding carboxylic acids is 1. The fourth-order valence-corrected chi connectivity index (χ4v) is 4.50. The molecule has 1 unspecified atom stereocenters. The number of sulfonamides is 1. The lowest BCUT2D eigenvalue weighted by atomic mass is 9.99. The van der Waals surface area contributed by atoms with Gasteiger partial charge in [-0.25, -0.2) is 8.42 Å². The molecule has 0 spiro atoms. The number of aromatic nitrogens is 1. The van der Waals surface area contributed by atoms with Gasteiger partial charge in [0.05, 0.1) is 5.92 Å². The van der Waals surface area contributed by atoms with Gasteiger partial charge in [-0.1, -0.05) is 5.16 Å². The summed E-state index contributed by atoms with van der Waals surface area (Å²) in [5.74, 6) is -0.230. The summed E-state index contributed by atoms with van der Waals surface area (Å²) >= 11 is 0. The van der Waals surface area contributed by atoms with Gasteiger partial charge in [0, 0.05) is 26.2 Å². The Morgan fingerprint density at radius 3 is 2.74 bits per heavy atom. The van der Waals surface area contributed by atoms with Crippen molar-refractivity contribution in [2.45, 2.75) is 31.6 Å². The minimum atomic E-state index is -3.69. The number of carbonyl (C=O) groups is 1. The highest BCUT2D eigenvalue weighted by molar-refractivity contribution is 7.89. The van der Waals surface area contributed by atoms with E-state index >= 15 is 0 Å². The van der Waals surface area contributed by atoms with E-state index in [0.717, 1.165) is 0 Å². The van der Waals surface area contributed by atoms with Crippen molar-refractivity contribution in [2.75, 3.05) is 26.2 Å². The van der Waals surface area contributed by atoms with Crippen LogP contribution < -0.4 is 11.1 Å². The molecule has 0 radical (unpaired) electrons. The Balaban J connectivity index is 0.00000264. The molecule has 2 rings (SSSR count). The summed E-state index contributed by atoms with van der Waals surface area (Å²) in [6, 6.07) is 0. The van der Waals surface area contributed by atoms with Gasteiger partial charge in [-0.2, -0.15) is 4.31 Å². The maximum atomic E-state index is 12.7. The molecule has 0 saturated carbocycles. The number of nitrogens with zero attached hydrogens (tertiary/aromatic N) is 2. The zero-order valence-corrected chi connectivity index (χ0v) is 14.9. The van der Waals surface area contributed by atoms with Crippen LogP contribution in [0.4, 0.5) is 0 Å². The summed E-state index contributed by atoms with van der Waals surface area (Å²) < 4.78 is 31.8. The topological polar surface area (TPSA) is 119 Å². The zero-order valence-electron chi connectivity index (χ0n) is 13.2. The average Bonchev–Trinajstić information content (AvgIpc) is 2.84. The minimum absolute atomic E-state index is 0. The van der Waals surface area contributed by atoms with E-state index in [1.807, 2.05) is 0 Å². The smallest absolute Gasteiger partial charge is 0.248 e. The van der Waals surface area contributed by atoms with Crippen molar-refractivity contribution in [3.8, 4) is 0 Å². The normalized spacial score (nSPS) is 19.2. The Hall–Kier alpha value is -1.16. The van der Waals surface area contributed by atoms with Crippen LogP contribution in [-0.2, 0) is 14.8 Å². The van der Waals surface area contributed by atoms with Crippen molar-refractivity contribution in [3.05, 3.63) is 11.5 Å². The number of halogens is 1. The summed E-state index contributed by atoms with van der Waals surface area (Å²) in [5.41, 5.74) is 5.70. The molecule has 1 aliphatic rings. The maximum Gasteiger partial charge on any atom is 0.248 e. The van der Waals surface area contributed by atoms with Crippen LogP contribution in [0.1, 0.15) is 24.3 Å². The van der Waals surface area contributed by atoms with E-state index in [9.17, 15) is 13.2 Å². The number of nitrogens with two attached hydrogens (primary N) is 1. The number of hydrogen-bond donors (Lipinski definition) is 2. The van der Waals surface area contributed by atoms with Gasteiger partial charge in [0.15, 0.2) is 5.76 Å². The third-order valence-electron chi connectivity index (χ3n) is 3.76. The number of piperidine rings is 1. The molecule has 1 aromatic rings. The van der Waals surface area contributed by atoms with Crippen molar-refractivity contribution in [3.63, 3.8) is 0 Å². The van der Waals surface area contributed by atoms with E-state index in [-0.39, 0.29) is 41.4 Å². The standard InChI is InChI=1S/C13H22N4O4S.ClH/c1-9-12(10(2)21-16-9)22(19,20)17-7-3-4-11(8-17)13(18)15-6-5-14;/h11H,3-8,14H2,1-2H3,(H,15,18);1H. The molecule has 8 nitrogen and oxygen atoms in total. The number of rotatable bonds is 5. The van der Waals surface area contributed by atoms with E-state index in [0.29, 0.717) is 38.2 Å². The van der Waals surface area contributed by atoms with Gasteiger partial charge in [0.1, 0.15) is 10.6 Å². The fraction of sp³-hybridized carbons (Fsp3) is 0.692. The van der Waals surface area contributed by atoms with Crippen LogP contribution in [0.5, 0.6) is 0 Å². The second-order valence-electron chi connectivity index (χ2n) is 5.44. The van der Waals surface area contributed by atoms with Gasteiger partial charge in [-0.05, 0) is 26.7 Å². The molecule has 1 saturated heterocycles. The van der Waals surface area contributed by atoms with Crippen molar-refractivity contribution in [2.24, 2.45) is 11.7 Å². The molecule has 3 N–H and O–H groups in total. The number of amides is 1. The Morgan fingerprint density at radius 2 is 2.17 bits per heavy atom. The lowest BCUT2D eigenvalue weighted by Crippen LogP contribution is -2.46. The number of aryl methyl sites for hydroxylation is 2. The molecular formula is C13H23ClN4O4S. The van der Waals surface area contributed by atoms with Crippen molar-refractivity contribution >= 4 is 28.3 Å². The van der Waals surface area contributed by atoms with Gasteiger partial charge in [0.2, 0.25) is 15.9 Å². The SMILES string of the molecule is Cc1noc(C)c1S(=O)(=O)N1CCCC(C(=O)NCCN)C1.Cl. The third kappa shape index (κ3) is 4.23. The second-order valence-corrected chi connectivity index (χ2v) is 7.31. The average molecular weight is 367 g/mol. The molecule has 2 heterocycles. The molecule has 23 heavy (non-hydrogen) atoms. The summed E-state index contributed by atoms with van der Waals surface area (Å²) in [6.45, 7) is 4.49. The Labute approximate surface area is 142 Å². The van der Waals surface area contributed by atoms with E-state index in [4.69, 9.17) is 10.3 Å². The van der Waals surface area contributed by atoms with Gasteiger partial charge in [0.25, 0.3) is 0 Å².